The first-order valence-corrected chi connectivity index (χ1v) is 9.70. The van der Waals surface area contributed by atoms with Crippen molar-refractivity contribution in [3.05, 3.63) is 56.6 Å². The van der Waals surface area contributed by atoms with E-state index in [1.165, 1.54) is 10.8 Å². The molecule has 0 radical (unpaired) electrons. The van der Waals surface area contributed by atoms with Crippen molar-refractivity contribution in [1.29, 1.82) is 0 Å². The number of hydrogen-bond donors (Lipinski definition) is 2. The minimum Gasteiger partial charge on any atom is -0.337 e. The summed E-state index contributed by atoms with van der Waals surface area (Å²) in [5, 5.41) is 7.49. The van der Waals surface area contributed by atoms with Crippen LogP contribution in [0, 0.1) is 0 Å². The highest BCUT2D eigenvalue weighted by Crippen LogP contribution is 2.24. The number of hydrogen-bond acceptors (Lipinski definition) is 5. The maximum atomic E-state index is 12.8. The van der Waals surface area contributed by atoms with Gasteiger partial charge in [-0.3, -0.25) is 24.2 Å². The van der Waals surface area contributed by atoms with Crippen LogP contribution in [-0.2, 0) is 5.41 Å². The van der Waals surface area contributed by atoms with Gasteiger partial charge in [-0.05, 0) is 31.0 Å². The highest BCUT2D eigenvalue weighted by atomic mass is 16.2. The summed E-state index contributed by atoms with van der Waals surface area (Å²) in [6.45, 7) is 7.06. The summed E-state index contributed by atoms with van der Waals surface area (Å²) in [6, 6.07) is 4.85. The van der Waals surface area contributed by atoms with E-state index in [1.807, 2.05) is 0 Å². The summed E-state index contributed by atoms with van der Waals surface area (Å²) in [5.74, 6) is -0.140. The van der Waals surface area contributed by atoms with Crippen LogP contribution in [0.15, 0.2) is 34.0 Å². The third-order valence-electron chi connectivity index (χ3n) is 5.42. The Labute approximate surface area is 166 Å². The van der Waals surface area contributed by atoms with Gasteiger partial charge in [-0.25, -0.2) is 9.78 Å². The quantitative estimate of drug-likeness (QED) is 0.682. The molecule has 0 spiro atoms. The van der Waals surface area contributed by atoms with Crippen LogP contribution in [0.2, 0.25) is 0 Å². The monoisotopic (exact) mass is 396 g/mol. The van der Waals surface area contributed by atoms with Crippen molar-refractivity contribution in [3.8, 4) is 0 Å². The van der Waals surface area contributed by atoms with E-state index in [0.29, 0.717) is 42.7 Å². The number of carbonyl (C=O) groups excluding carboxylic acids is 1. The molecule has 4 rings (SSSR count). The molecule has 1 aliphatic rings. The van der Waals surface area contributed by atoms with Gasteiger partial charge in [0.2, 0.25) is 0 Å². The molecule has 152 valence electrons. The van der Waals surface area contributed by atoms with Gasteiger partial charge in [0.15, 0.2) is 0 Å². The predicted molar refractivity (Wildman–Crippen MR) is 108 cm³/mol. The lowest BCUT2D eigenvalue weighted by molar-refractivity contribution is 0.0686. The number of amides is 1. The molecule has 1 aliphatic heterocycles. The van der Waals surface area contributed by atoms with E-state index in [1.54, 1.807) is 23.1 Å². The second-order valence-corrected chi connectivity index (χ2v) is 8.45. The number of likely N-dealkylation sites (tertiary alicyclic amines) is 1. The summed E-state index contributed by atoms with van der Waals surface area (Å²) in [5.41, 5.74) is 0.654. The molecule has 29 heavy (non-hydrogen) atoms. The highest BCUT2D eigenvalue weighted by molar-refractivity contribution is 5.92. The largest absolute Gasteiger partial charge is 0.337 e. The highest BCUT2D eigenvalue weighted by Gasteiger charge is 2.28. The molecule has 0 aromatic carbocycles. The smallest absolute Gasteiger partial charge is 0.330 e. The molecule has 2 N–H and O–H groups in total. The fourth-order valence-corrected chi connectivity index (χ4v) is 3.70. The van der Waals surface area contributed by atoms with Gasteiger partial charge in [-0.15, -0.1) is 0 Å². The van der Waals surface area contributed by atoms with Crippen LogP contribution in [0.1, 0.15) is 55.8 Å². The van der Waals surface area contributed by atoms with Crippen molar-refractivity contribution in [2.24, 2.45) is 0 Å². The molecule has 1 saturated heterocycles. The first kappa shape index (κ1) is 19.1. The Morgan fingerprint density at radius 2 is 1.93 bits per heavy atom. The van der Waals surface area contributed by atoms with Crippen LogP contribution in [0.5, 0.6) is 0 Å². The van der Waals surface area contributed by atoms with Gasteiger partial charge in [0, 0.05) is 36.4 Å². The van der Waals surface area contributed by atoms with Crippen molar-refractivity contribution in [1.82, 2.24) is 29.6 Å². The number of carbonyl (C=O) groups is 1. The lowest BCUT2D eigenvalue weighted by Crippen LogP contribution is -2.45. The Morgan fingerprint density at radius 1 is 1.21 bits per heavy atom. The zero-order valence-corrected chi connectivity index (χ0v) is 16.7. The lowest BCUT2D eigenvalue weighted by Gasteiger charge is -2.32. The van der Waals surface area contributed by atoms with Crippen LogP contribution in [0.4, 0.5) is 0 Å². The zero-order valence-electron chi connectivity index (χ0n) is 16.7. The minimum atomic E-state index is -0.465. The minimum absolute atomic E-state index is 0.119. The van der Waals surface area contributed by atoms with Crippen LogP contribution in [0.3, 0.4) is 0 Å². The van der Waals surface area contributed by atoms with Crippen molar-refractivity contribution in [3.63, 3.8) is 0 Å². The third kappa shape index (κ3) is 3.48. The summed E-state index contributed by atoms with van der Waals surface area (Å²) < 4.78 is 1.26. The summed E-state index contributed by atoms with van der Waals surface area (Å²) in [6.07, 6.45) is 2.58. The van der Waals surface area contributed by atoms with Gasteiger partial charge < -0.3 is 4.90 Å². The second kappa shape index (κ2) is 6.98. The average Bonchev–Trinajstić information content (AvgIpc) is 3.19. The molecule has 1 amide bonds. The van der Waals surface area contributed by atoms with Crippen molar-refractivity contribution in [2.45, 2.75) is 45.1 Å². The number of rotatable bonds is 2. The Kier molecular flexibility index (Phi) is 4.60. The predicted octanol–water partition coefficient (Wildman–Crippen LogP) is 1.58. The molecule has 9 nitrogen and oxygen atoms in total. The SMILES string of the molecule is CC(C)(C)c1cc(C(=O)N2CCC(n3c(=O)[nH]c4ncccc4c3=O)CC2)n[nH]1. The van der Waals surface area contributed by atoms with E-state index in [-0.39, 0.29) is 22.9 Å². The number of piperidine rings is 1. The van der Waals surface area contributed by atoms with Crippen LogP contribution >= 0.6 is 0 Å². The number of aromatic nitrogens is 5. The maximum absolute atomic E-state index is 12.8. The normalized spacial score (nSPS) is 15.8. The molecule has 3 aromatic heterocycles. The second-order valence-electron chi connectivity index (χ2n) is 8.45. The number of nitrogens with zero attached hydrogens (tertiary/aromatic N) is 4. The van der Waals surface area contributed by atoms with E-state index < -0.39 is 5.69 Å². The van der Waals surface area contributed by atoms with Gasteiger partial charge in [0.05, 0.1) is 5.39 Å². The first-order valence-electron chi connectivity index (χ1n) is 9.70. The van der Waals surface area contributed by atoms with Gasteiger partial charge in [0.1, 0.15) is 11.3 Å². The molecule has 0 unspecified atom stereocenters. The first-order chi connectivity index (χ1) is 13.8. The summed E-state index contributed by atoms with van der Waals surface area (Å²) >= 11 is 0. The van der Waals surface area contributed by atoms with Crippen molar-refractivity contribution < 1.29 is 4.79 Å². The standard InChI is InChI=1S/C20H24N6O3/c1-20(2,3)15-11-14(23-24-15)18(28)25-9-6-12(7-10-25)26-17(27)13-5-4-8-21-16(13)22-19(26)29/h4-5,8,11-12H,6-7,9-10H2,1-3H3,(H,23,24)(H,21,22,29). The van der Waals surface area contributed by atoms with Crippen LogP contribution in [0.25, 0.3) is 11.0 Å². The van der Waals surface area contributed by atoms with E-state index in [2.05, 4.69) is 40.9 Å². The Balaban J connectivity index is 1.52. The molecule has 0 aliphatic carbocycles. The maximum Gasteiger partial charge on any atom is 0.330 e. The molecule has 9 heteroatoms. The van der Waals surface area contributed by atoms with Crippen molar-refractivity contribution >= 4 is 16.9 Å². The Hall–Kier alpha value is -3.23. The van der Waals surface area contributed by atoms with E-state index in [4.69, 9.17) is 0 Å². The van der Waals surface area contributed by atoms with E-state index in [9.17, 15) is 14.4 Å². The number of nitrogens with one attached hydrogen (secondary N) is 2. The van der Waals surface area contributed by atoms with Crippen LogP contribution in [-0.4, -0.2) is 48.6 Å². The number of pyridine rings is 1. The average molecular weight is 396 g/mol. The topological polar surface area (TPSA) is 117 Å². The molecular formula is C20H24N6O3. The van der Waals surface area contributed by atoms with Crippen molar-refractivity contribution in [2.75, 3.05) is 13.1 Å². The Bertz CT molecular complexity index is 1180. The molecule has 0 atom stereocenters. The van der Waals surface area contributed by atoms with Gasteiger partial charge in [0.25, 0.3) is 11.5 Å². The molecule has 3 aromatic rings. The Morgan fingerprint density at radius 3 is 2.59 bits per heavy atom. The summed E-state index contributed by atoms with van der Waals surface area (Å²) in [7, 11) is 0. The number of aromatic amines is 2. The molecular weight excluding hydrogens is 372 g/mol. The summed E-state index contributed by atoms with van der Waals surface area (Å²) in [4.78, 5) is 46.5. The molecule has 4 heterocycles. The van der Waals surface area contributed by atoms with Gasteiger partial charge >= 0.3 is 5.69 Å². The fraction of sp³-hybridized carbons (Fsp3) is 0.450. The zero-order chi connectivity index (χ0) is 20.8. The fourth-order valence-electron chi connectivity index (χ4n) is 3.70. The van der Waals surface area contributed by atoms with Crippen LogP contribution < -0.4 is 11.2 Å². The number of fused-ring (bicyclic) bond motifs is 1. The molecule has 1 fully saturated rings. The van der Waals surface area contributed by atoms with E-state index >= 15 is 0 Å². The van der Waals surface area contributed by atoms with Gasteiger partial charge in [-0.2, -0.15) is 5.10 Å². The third-order valence-corrected chi connectivity index (χ3v) is 5.42. The van der Waals surface area contributed by atoms with E-state index in [0.717, 1.165) is 5.69 Å². The molecule has 0 bridgehead atoms. The molecule has 0 saturated carbocycles. The number of H-pyrrole nitrogens is 2. The lowest BCUT2D eigenvalue weighted by atomic mass is 9.92. The van der Waals surface area contributed by atoms with Gasteiger partial charge in [-0.1, -0.05) is 20.8 Å².